The Morgan fingerprint density at radius 1 is 1.46 bits per heavy atom. The highest BCUT2D eigenvalue weighted by Crippen LogP contribution is 2.47. The SMILES string of the molecule is O=S(=O)(CCl)NCC1(CCO)CC1. The van der Waals surface area contributed by atoms with Crippen LogP contribution in [0.1, 0.15) is 19.3 Å². The molecule has 0 aromatic rings. The molecule has 1 rings (SSSR count). The first-order valence-electron chi connectivity index (χ1n) is 4.18. The van der Waals surface area contributed by atoms with Crippen molar-refractivity contribution in [2.75, 3.05) is 18.4 Å². The summed E-state index contributed by atoms with van der Waals surface area (Å²) in [5.41, 5.74) is 0.00782. The number of aliphatic hydroxyl groups excluding tert-OH is 1. The van der Waals surface area contributed by atoms with E-state index >= 15 is 0 Å². The molecule has 0 amide bonds. The van der Waals surface area contributed by atoms with Crippen LogP contribution in [0.4, 0.5) is 0 Å². The van der Waals surface area contributed by atoms with Crippen LogP contribution < -0.4 is 4.72 Å². The average Bonchev–Trinajstić information content (AvgIpc) is 2.84. The van der Waals surface area contributed by atoms with Crippen molar-refractivity contribution in [2.24, 2.45) is 5.41 Å². The van der Waals surface area contributed by atoms with Gasteiger partial charge in [0.15, 0.2) is 0 Å². The molecule has 2 N–H and O–H groups in total. The van der Waals surface area contributed by atoms with Crippen molar-refractivity contribution in [3.8, 4) is 0 Å². The Kier molecular flexibility index (Phi) is 3.57. The monoisotopic (exact) mass is 227 g/mol. The summed E-state index contributed by atoms with van der Waals surface area (Å²) in [5, 5.41) is 8.32. The summed E-state index contributed by atoms with van der Waals surface area (Å²) in [6, 6.07) is 0. The minimum absolute atomic E-state index is 0.00782. The van der Waals surface area contributed by atoms with E-state index in [9.17, 15) is 8.42 Å². The van der Waals surface area contributed by atoms with E-state index in [0.717, 1.165) is 12.8 Å². The Morgan fingerprint density at radius 3 is 2.46 bits per heavy atom. The average molecular weight is 228 g/mol. The van der Waals surface area contributed by atoms with Crippen molar-refractivity contribution in [3.05, 3.63) is 0 Å². The van der Waals surface area contributed by atoms with Gasteiger partial charge in [0.2, 0.25) is 10.0 Å². The maximum Gasteiger partial charge on any atom is 0.225 e. The third kappa shape index (κ3) is 3.42. The molecule has 4 nitrogen and oxygen atoms in total. The fraction of sp³-hybridized carbons (Fsp3) is 1.00. The Bertz CT molecular complexity index is 261. The molecule has 0 aromatic carbocycles. The van der Waals surface area contributed by atoms with Gasteiger partial charge < -0.3 is 5.11 Å². The van der Waals surface area contributed by atoms with Gasteiger partial charge in [-0.1, -0.05) is 0 Å². The van der Waals surface area contributed by atoms with Gasteiger partial charge in [0.25, 0.3) is 0 Å². The maximum absolute atomic E-state index is 11.0. The van der Waals surface area contributed by atoms with Crippen molar-refractivity contribution in [1.82, 2.24) is 4.72 Å². The van der Waals surface area contributed by atoms with Gasteiger partial charge in [-0.2, -0.15) is 0 Å². The van der Waals surface area contributed by atoms with Gasteiger partial charge in [-0.25, -0.2) is 13.1 Å². The van der Waals surface area contributed by atoms with Crippen LogP contribution in [0.3, 0.4) is 0 Å². The summed E-state index contributed by atoms with van der Waals surface area (Å²) in [6.45, 7) is 0.519. The van der Waals surface area contributed by atoms with E-state index in [1.165, 1.54) is 0 Å². The molecule has 13 heavy (non-hydrogen) atoms. The molecular formula is C7H14ClNO3S. The first-order chi connectivity index (χ1) is 6.04. The zero-order chi connectivity index (χ0) is 9.95. The highest BCUT2D eigenvalue weighted by Gasteiger charge is 2.42. The van der Waals surface area contributed by atoms with Crippen molar-refractivity contribution >= 4 is 21.6 Å². The molecule has 0 saturated heterocycles. The van der Waals surface area contributed by atoms with Crippen LogP contribution in [0.15, 0.2) is 0 Å². The summed E-state index contributed by atoms with van der Waals surface area (Å²) in [5.74, 6) is 0. The molecule has 6 heteroatoms. The highest BCUT2D eigenvalue weighted by molar-refractivity contribution is 7.90. The first kappa shape index (κ1) is 11.2. The van der Waals surface area contributed by atoms with E-state index in [2.05, 4.69) is 4.72 Å². The van der Waals surface area contributed by atoms with E-state index in [4.69, 9.17) is 16.7 Å². The van der Waals surface area contributed by atoms with Crippen LogP contribution in [0, 0.1) is 5.41 Å². The second-order valence-electron chi connectivity index (χ2n) is 3.52. The smallest absolute Gasteiger partial charge is 0.225 e. The summed E-state index contributed by atoms with van der Waals surface area (Å²) >= 11 is 5.22. The summed E-state index contributed by atoms with van der Waals surface area (Å²) in [6.07, 6.45) is 2.63. The van der Waals surface area contributed by atoms with Crippen molar-refractivity contribution in [3.63, 3.8) is 0 Å². The lowest BCUT2D eigenvalue weighted by Gasteiger charge is -2.13. The van der Waals surface area contributed by atoms with Crippen molar-refractivity contribution in [1.29, 1.82) is 0 Å². The Balaban J connectivity index is 2.34. The highest BCUT2D eigenvalue weighted by atomic mass is 35.5. The molecule has 0 heterocycles. The number of hydrogen-bond acceptors (Lipinski definition) is 3. The Hall–Kier alpha value is 0.160. The van der Waals surface area contributed by atoms with Crippen LogP contribution in [-0.4, -0.2) is 31.9 Å². The van der Waals surface area contributed by atoms with Gasteiger partial charge in [-0.05, 0) is 24.7 Å². The van der Waals surface area contributed by atoms with Crippen LogP contribution >= 0.6 is 11.6 Å². The fourth-order valence-corrected chi connectivity index (χ4v) is 2.07. The Morgan fingerprint density at radius 2 is 2.08 bits per heavy atom. The van der Waals surface area contributed by atoms with Gasteiger partial charge in [0.05, 0.1) is 0 Å². The molecule has 1 aliphatic carbocycles. The van der Waals surface area contributed by atoms with E-state index in [1.807, 2.05) is 0 Å². The largest absolute Gasteiger partial charge is 0.396 e. The quantitative estimate of drug-likeness (QED) is 0.640. The zero-order valence-electron chi connectivity index (χ0n) is 7.29. The van der Waals surface area contributed by atoms with Gasteiger partial charge in [-0.15, -0.1) is 11.6 Å². The second-order valence-corrected chi connectivity index (χ2v) is 5.91. The number of sulfonamides is 1. The molecule has 0 spiro atoms. The molecule has 1 fully saturated rings. The van der Waals surface area contributed by atoms with Crippen molar-refractivity contribution < 1.29 is 13.5 Å². The minimum Gasteiger partial charge on any atom is -0.396 e. The van der Waals surface area contributed by atoms with E-state index in [0.29, 0.717) is 13.0 Å². The third-order valence-corrected chi connectivity index (χ3v) is 4.14. The number of aliphatic hydroxyl groups is 1. The summed E-state index contributed by atoms with van der Waals surface area (Å²) in [7, 11) is -3.30. The van der Waals surface area contributed by atoms with E-state index in [1.54, 1.807) is 0 Å². The molecule has 0 aromatic heterocycles. The number of hydrogen-bond donors (Lipinski definition) is 2. The maximum atomic E-state index is 11.0. The molecule has 0 atom stereocenters. The van der Waals surface area contributed by atoms with Crippen LogP contribution in [0.25, 0.3) is 0 Å². The number of halogens is 1. The number of rotatable bonds is 6. The molecule has 1 saturated carbocycles. The molecular weight excluding hydrogens is 214 g/mol. The number of alkyl halides is 1. The number of nitrogens with one attached hydrogen (secondary N) is 1. The Labute approximate surface area is 83.3 Å². The first-order valence-corrected chi connectivity index (χ1v) is 6.36. The molecule has 78 valence electrons. The standard InChI is InChI=1S/C7H14ClNO3S/c8-6-13(11,12)9-5-7(1-2-7)3-4-10/h9-10H,1-6H2. The fourth-order valence-electron chi connectivity index (χ4n) is 1.23. The normalized spacial score (nSPS) is 20.2. The third-order valence-electron chi connectivity index (χ3n) is 2.41. The van der Waals surface area contributed by atoms with E-state index in [-0.39, 0.29) is 12.0 Å². The molecule has 1 aliphatic rings. The molecule has 0 aliphatic heterocycles. The van der Waals surface area contributed by atoms with E-state index < -0.39 is 15.2 Å². The zero-order valence-corrected chi connectivity index (χ0v) is 8.86. The minimum atomic E-state index is -3.30. The van der Waals surface area contributed by atoms with Gasteiger partial charge in [-0.3, -0.25) is 0 Å². The van der Waals surface area contributed by atoms with Gasteiger partial charge in [0.1, 0.15) is 5.21 Å². The van der Waals surface area contributed by atoms with Crippen molar-refractivity contribution in [2.45, 2.75) is 19.3 Å². The second kappa shape index (κ2) is 4.13. The topological polar surface area (TPSA) is 66.4 Å². The van der Waals surface area contributed by atoms with Crippen LogP contribution in [-0.2, 0) is 10.0 Å². The summed E-state index contributed by atoms with van der Waals surface area (Å²) in [4.78, 5) is 0. The predicted molar refractivity (Wildman–Crippen MR) is 51.0 cm³/mol. The molecule has 0 bridgehead atoms. The van der Waals surface area contributed by atoms with Crippen LogP contribution in [0.5, 0.6) is 0 Å². The molecule has 0 unspecified atom stereocenters. The lowest BCUT2D eigenvalue weighted by molar-refractivity contribution is 0.249. The lowest BCUT2D eigenvalue weighted by atomic mass is 10.0. The predicted octanol–water partition coefficient (Wildman–Crippen LogP) is 0.265. The molecule has 0 radical (unpaired) electrons. The summed E-state index contributed by atoms with van der Waals surface area (Å²) < 4.78 is 24.4. The van der Waals surface area contributed by atoms with Crippen LogP contribution in [0.2, 0.25) is 0 Å². The van der Waals surface area contributed by atoms with Gasteiger partial charge >= 0.3 is 0 Å². The lowest BCUT2D eigenvalue weighted by Crippen LogP contribution is -2.31. The van der Waals surface area contributed by atoms with Gasteiger partial charge in [0, 0.05) is 13.2 Å².